The number of carbonyl (C=O) groups is 1. The zero-order valence-electron chi connectivity index (χ0n) is 49.7. The molecule has 2 unspecified atom stereocenters. The molecule has 73 heavy (non-hydrogen) atoms. The standard InChI is InChI=1S/C69H131NO3/c1-3-5-7-9-11-13-15-17-19-21-23-25-27-29-31-32-33-34-35-36-37-38-39-41-43-45-47-49-51-53-55-57-59-61-63-65-69(73)70-67(66-71)68(72)64-62-60-58-56-54-52-50-48-46-44-42-40-30-28-26-24-22-20-18-16-14-12-10-8-6-4-2/h5,7,11,13,17,19,23,25,67-68,71-72H,3-4,6,8-10,12,14-16,18,20-22,24,26-66H2,1-2H3,(H,70,73)/b7-5-,13-11-,19-17-,25-23-. The van der Waals surface area contributed by atoms with Gasteiger partial charge in [0.15, 0.2) is 0 Å². The Kier molecular flexibility index (Phi) is 63.2. The van der Waals surface area contributed by atoms with Crippen molar-refractivity contribution in [3.63, 3.8) is 0 Å². The molecular weight excluding hydrogens is 891 g/mol. The minimum Gasteiger partial charge on any atom is -0.394 e. The third-order valence-electron chi connectivity index (χ3n) is 15.6. The van der Waals surface area contributed by atoms with Crippen LogP contribution in [0.1, 0.15) is 367 Å². The molecule has 0 bridgehead atoms. The van der Waals surface area contributed by atoms with Gasteiger partial charge in [-0.15, -0.1) is 0 Å². The molecule has 0 aromatic heterocycles. The molecule has 0 aliphatic carbocycles. The van der Waals surface area contributed by atoms with Crippen LogP contribution in [0, 0.1) is 0 Å². The van der Waals surface area contributed by atoms with E-state index in [-0.39, 0.29) is 12.5 Å². The Morgan fingerprint density at radius 1 is 0.342 bits per heavy atom. The minimum atomic E-state index is -0.660. The van der Waals surface area contributed by atoms with E-state index in [0.29, 0.717) is 12.8 Å². The van der Waals surface area contributed by atoms with Crippen molar-refractivity contribution >= 4 is 5.91 Å². The Hall–Kier alpha value is -1.65. The van der Waals surface area contributed by atoms with E-state index < -0.39 is 12.1 Å². The second-order valence-electron chi connectivity index (χ2n) is 22.9. The Balaban J connectivity index is 3.39. The molecule has 1 amide bonds. The van der Waals surface area contributed by atoms with Crippen molar-refractivity contribution in [2.75, 3.05) is 6.61 Å². The van der Waals surface area contributed by atoms with Gasteiger partial charge in [0.05, 0.1) is 18.8 Å². The van der Waals surface area contributed by atoms with Crippen molar-refractivity contribution in [1.82, 2.24) is 5.32 Å². The van der Waals surface area contributed by atoms with Crippen molar-refractivity contribution in [1.29, 1.82) is 0 Å². The average Bonchev–Trinajstić information content (AvgIpc) is 3.40. The average molecular weight is 1020 g/mol. The van der Waals surface area contributed by atoms with Crippen LogP contribution in [0.25, 0.3) is 0 Å². The number of unbranched alkanes of at least 4 members (excludes halogenated alkanes) is 47. The van der Waals surface area contributed by atoms with Crippen LogP contribution in [0.4, 0.5) is 0 Å². The van der Waals surface area contributed by atoms with Crippen LogP contribution in [-0.4, -0.2) is 34.9 Å². The van der Waals surface area contributed by atoms with Gasteiger partial charge in [-0.05, 0) is 51.4 Å². The molecule has 0 saturated heterocycles. The highest BCUT2D eigenvalue weighted by molar-refractivity contribution is 5.76. The highest BCUT2D eigenvalue weighted by Gasteiger charge is 2.20. The predicted octanol–water partition coefficient (Wildman–Crippen LogP) is 22.5. The smallest absolute Gasteiger partial charge is 0.220 e. The van der Waals surface area contributed by atoms with E-state index in [1.54, 1.807) is 0 Å². The van der Waals surface area contributed by atoms with Crippen LogP contribution < -0.4 is 5.32 Å². The highest BCUT2D eigenvalue weighted by Crippen LogP contribution is 2.19. The van der Waals surface area contributed by atoms with Gasteiger partial charge in [-0.25, -0.2) is 0 Å². The fraction of sp³-hybridized carbons (Fsp3) is 0.870. The van der Waals surface area contributed by atoms with Crippen molar-refractivity contribution in [2.24, 2.45) is 0 Å². The summed E-state index contributed by atoms with van der Waals surface area (Å²) < 4.78 is 0. The molecule has 0 saturated carbocycles. The number of rotatable bonds is 62. The topological polar surface area (TPSA) is 69.6 Å². The molecule has 0 heterocycles. The Morgan fingerprint density at radius 3 is 0.904 bits per heavy atom. The van der Waals surface area contributed by atoms with Crippen LogP contribution in [0.3, 0.4) is 0 Å². The van der Waals surface area contributed by atoms with Crippen molar-refractivity contribution < 1.29 is 15.0 Å². The fourth-order valence-corrected chi connectivity index (χ4v) is 10.6. The van der Waals surface area contributed by atoms with Crippen LogP contribution in [0.5, 0.6) is 0 Å². The first-order valence-corrected chi connectivity index (χ1v) is 33.3. The maximum absolute atomic E-state index is 12.6. The number of hydrogen-bond acceptors (Lipinski definition) is 3. The lowest BCUT2D eigenvalue weighted by molar-refractivity contribution is -0.123. The molecule has 2 atom stereocenters. The van der Waals surface area contributed by atoms with Gasteiger partial charge in [0.2, 0.25) is 5.91 Å². The lowest BCUT2D eigenvalue weighted by Gasteiger charge is -2.22. The maximum Gasteiger partial charge on any atom is 0.220 e. The summed E-state index contributed by atoms with van der Waals surface area (Å²) in [6.07, 6.45) is 90.1. The van der Waals surface area contributed by atoms with Gasteiger partial charge in [0.1, 0.15) is 0 Å². The van der Waals surface area contributed by atoms with E-state index in [9.17, 15) is 15.0 Å². The molecule has 0 fully saturated rings. The lowest BCUT2D eigenvalue weighted by Crippen LogP contribution is -2.45. The first kappa shape index (κ1) is 71.3. The maximum atomic E-state index is 12.6. The summed E-state index contributed by atoms with van der Waals surface area (Å²) in [6.45, 7) is 4.29. The zero-order chi connectivity index (χ0) is 52.7. The Labute approximate surface area is 458 Å². The molecule has 0 radical (unpaired) electrons. The predicted molar refractivity (Wildman–Crippen MR) is 327 cm³/mol. The largest absolute Gasteiger partial charge is 0.394 e. The van der Waals surface area contributed by atoms with Gasteiger partial charge < -0.3 is 15.5 Å². The summed E-state index contributed by atoms with van der Waals surface area (Å²) in [6, 6.07) is -0.536. The van der Waals surface area contributed by atoms with Gasteiger partial charge >= 0.3 is 0 Å². The monoisotopic (exact) mass is 1020 g/mol. The molecule has 0 rings (SSSR count). The molecule has 430 valence electrons. The molecule has 0 aromatic carbocycles. The van der Waals surface area contributed by atoms with Crippen LogP contribution in [0.15, 0.2) is 48.6 Å². The summed E-state index contributed by atoms with van der Waals surface area (Å²) in [5, 5.41) is 23.4. The highest BCUT2D eigenvalue weighted by atomic mass is 16.3. The Morgan fingerprint density at radius 2 is 0.603 bits per heavy atom. The number of aliphatic hydroxyl groups is 2. The quantitative estimate of drug-likeness (QED) is 0.0420. The molecule has 0 aliphatic heterocycles. The number of carbonyl (C=O) groups excluding carboxylic acids is 1. The summed E-state index contributed by atoms with van der Waals surface area (Å²) in [7, 11) is 0. The van der Waals surface area contributed by atoms with Crippen LogP contribution in [-0.2, 0) is 4.79 Å². The van der Waals surface area contributed by atoms with Gasteiger partial charge in [-0.2, -0.15) is 0 Å². The van der Waals surface area contributed by atoms with E-state index in [4.69, 9.17) is 0 Å². The number of aliphatic hydroxyl groups excluding tert-OH is 2. The molecule has 0 spiro atoms. The van der Waals surface area contributed by atoms with E-state index in [1.165, 1.54) is 289 Å². The van der Waals surface area contributed by atoms with Gasteiger partial charge in [-0.3, -0.25) is 4.79 Å². The van der Waals surface area contributed by atoms with E-state index in [2.05, 4.69) is 67.8 Å². The zero-order valence-corrected chi connectivity index (χ0v) is 49.7. The Bertz CT molecular complexity index is 1160. The van der Waals surface area contributed by atoms with E-state index >= 15 is 0 Å². The third-order valence-corrected chi connectivity index (χ3v) is 15.6. The van der Waals surface area contributed by atoms with Crippen LogP contribution in [0.2, 0.25) is 0 Å². The van der Waals surface area contributed by atoms with E-state index in [1.807, 2.05) is 0 Å². The first-order valence-electron chi connectivity index (χ1n) is 33.3. The number of allylic oxidation sites excluding steroid dienone is 8. The number of hydrogen-bond donors (Lipinski definition) is 3. The summed E-state index contributed by atoms with van der Waals surface area (Å²) in [4.78, 5) is 12.6. The molecule has 0 aliphatic rings. The molecule has 4 nitrogen and oxygen atoms in total. The van der Waals surface area contributed by atoms with Crippen molar-refractivity contribution in [3.8, 4) is 0 Å². The molecular formula is C69H131NO3. The first-order chi connectivity index (χ1) is 36.2. The second kappa shape index (κ2) is 64.6. The fourth-order valence-electron chi connectivity index (χ4n) is 10.6. The van der Waals surface area contributed by atoms with Gasteiger partial charge in [0.25, 0.3) is 0 Å². The number of amides is 1. The molecule has 4 heteroatoms. The SMILES string of the molecule is CC/C=C\C/C=C\C/C=C\C/C=C\CCCCCCCCCCCCCCCCCCCCCCCCC(=O)NC(CO)C(O)CCCCCCCCCCCCCCCCCCCCCCCCCCCC. The molecule has 3 N–H and O–H groups in total. The summed E-state index contributed by atoms with van der Waals surface area (Å²) in [5.41, 5.74) is 0. The van der Waals surface area contributed by atoms with Gasteiger partial charge in [-0.1, -0.05) is 358 Å². The van der Waals surface area contributed by atoms with Crippen molar-refractivity contribution in [2.45, 2.75) is 379 Å². The third kappa shape index (κ3) is 61.1. The van der Waals surface area contributed by atoms with Crippen LogP contribution >= 0.6 is 0 Å². The summed E-state index contributed by atoms with van der Waals surface area (Å²) >= 11 is 0. The van der Waals surface area contributed by atoms with Crippen molar-refractivity contribution in [3.05, 3.63) is 48.6 Å². The number of nitrogens with one attached hydrogen (secondary N) is 1. The van der Waals surface area contributed by atoms with E-state index in [0.717, 1.165) is 51.4 Å². The minimum absolute atomic E-state index is 0.0236. The second-order valence-corrected chi connectivity index (χ2v) is 22.9. The molecule has 0 aromatic rings. The normalized spacial score (nSPS) is 13.0. The van der Waals surface area contributed by atoms with Gasteiger partial charge in [0, 0.05) is 6.42 Å². The lowest BCUT2D eigenvalue weighted by atomic mass is 10.0. The summed E-state index contributed by atoms with van der Waals surface area (Å²) in [5.74, 6) is -0.0236.